The highest BCUT2D eigenvalue weighted by Crippen LogP contribution is 2.57. The minimum Gasteiger partial charge on any atom is -0.506 e. The number of alkyl halides is 6. The number of rotatable bonds is 10. The van der Waals surface area contributed by atoms with Crippen molar-refractivity contribution in [2.24, 2.45) is 0 Å². The zero-order chi connectivity index (χ0) is 31.4. The lowest BCUT2D eigenvalue weighted by molar-refractivity contribution is -0.288. The first-order valence-corrected chi connectivity index (χ1v) is 13.6. The zero-order valence-electron chi connectivity index (χ0n) is 21.1. The van der Waals surface area contributed by atoms with Crippen LogP contribution in [0.25, 0.3) is 0 Å². The molecule has 4 rings (SSSR count). The summed E-state index contributed by atoms with van der Waals surface area (Å²) in [6.07, 6.45) is -9.45. The van der Waals surface area contributed by atoms with E-state index < -0.39 is 63.6 Å². The van der Waals surface area contributed by atoms with E-state index in [1.807, 2.05) is 0 Å². The summed E-state index contributed by atoms with van der Waals surface area (Å²) in [5, 5.41) is 44.9. The summed E-state index contributed by atoms with van der Waals surface area (Å²) in [5.41, 5.74) is -8.51. The Kier molecular flexibility index (Phi) is 9.09. The fraction of sp³-hybridized carbons (Fsp3) is 0.217. The fourth-order valence-corrected chi connectivity index (χ4v) is 5.06. The van der Waals surface area contributed by atoms with Gasteiger partial charge in [0.05, 0.1) is 35.3 Å². The Morgan fingerprint density at radius 3 is 1.42 bits per heavy atom. The van der Waals surface area contributed by atoms with Crippen LogP contribution in [-0.4, -0.2) is 76.7 Å². The van der Waals surface area contributed by atoms with Crippen LogP contribution in [0.15, 0.2) is 58.8 Å². The van der Waals surface area contributed by atoms with E-state index in [4.69, 9.17) is 0 Å². The molecule has 2 amide bonds. The smallest absolute Gasteiger partial charge is 0.411 e. The molecule has 6 N–H and O–H groups in total. The summed E-state index contributed by atoms with van der Waals surface area (Å²) in [7, 11) is 0. The standard InChI is InChI=1S/C23H18F6N8O4S2/c24-22(25,26)21(23(27,28)29,11-1-3-13(15(38)5-11)32-17(40)9-42-19-7-30-36-34-19)12-2-4-14(16(39)6-12)33-18(41)10-43-20-8-31-37-35-20/h1-8,38-39H,9-10H2,(H,32,40)(H,33,41)(H,30,34,36)(H,31,35,37). The number of anilines is 2. The average Bonchev–Trinajstić information content (AvgIpc) is 3.63. The van der Waals surface area contributed by atoms with Crippen molar-refractivity contribution in [1.29, 1.82) is 0 Å². The largest absolute Gasteiger partial charge is 0.506 e. The SMILES string of the molecule is O=C(CSc1cn[nH]n1)Nc1ccc(C(c2ccc(NC(=O)CSc3cn[nH]n3)c(O)c2)(C(F)(F)F)C(F)(F)F)cc1O. The van der Waals surface area contributed by atoms with Crippen molar-refractivity contribution in [3.05, 3.63) is 59.9 Å². The van der Waals surface area contributed by atoms with Crippen molar-refractivity contribution in [2.45, 2.75) is 27.8 Å². The molecule has 0 saturated carbocycles. The van der Waals surface area contributed by atoms with Crippen LogP contribution >= 0.6 is 23.5 Å². The third kappa shape index (κ3) is 6.79. The lowest BCUT2D eigenvalue weighted by Crippen LogP contribution is -2.54. The second-order valence-corrected chi connectivity index (χ2v) is 10.5. The number of phenols is 2. The third-order valence-corrected chi connectivity index (χ3v) is 7.55. The zero-order valence-corrected chi connectivity index (χ0v) is 22.8. The highest BCUT2D eigenvalue weighted by molar-refractivity contribution is 8.00. The molecule has 0 aliphatic rings. The number of aromatic hydroxyl groups is 2. The predicted octanol–water partition coefficient (Wildman–Crippen LogP) is 4.21. The molecular weight excluding hydrogens is 630 g/mol. The van der Waals surface area contributed by atoms with E-state index in [0.717, 1.165) is 23.5 Å². The molecule has 2 aromatic carbocycles. The van der Waals surface area contributed by atoms with E-state index in [1.165, 1.54) is 12.4 Å². The number of hydrogen-bond acceptors (Lipinski definition) is 10. The number of aromatic amines is 2. The minimum absolute atomic E-state index is 0.231. The first kappa shape index (κ1) is 31.5. The van der Waals surface area contributed by atoms with Crippen LogP contribution in [0.3, 0.4) is 0 Å². The molecule has 2 aromatic heterocycles. The van der Waals surface area contributed by atoms with E-state index >= 15 is 0 Å². The van der Waals surface area contributed by atoms with Crippen molar-refractivity contribution < 1.29 is 46.1 Å². The molecule has 0 atom stereocenters. The van der Waals surface area contributed by atoms with Gasteiger partial charge in [0, 0.05) is 0 Å². The monoisotopic (exact) mass is 648 g/mol. The molecule has 0 aliphatic carbocycles. The van der Waals surface area contributed by atoms with E-state index in [9.17, 15) is 46.1 Å². The first-order chi connectivity index (χ1) is 20.2. The molecule has 228 valence electrons. The molecule has 43 heavy (non-hydrogen) atoms. The number of hydrogen-bond donors (Lipinski definition) is 6. The summed E-state index contributed by atoms with van der Waals surface area (Å²) in [4.78, 5) is 24.4. The van der Waals surface area contributed by atoms with Crippen molar-refractivity contribution in [3.8, 4) is 11.5 Å². The number of halogens is 6. The highest BCUT2D eigenvalue weighted by Gasteiger charge is 2.72. The van der Waals surface area contributed by atoms with Gasteiger partial charge in [-0.15, -0.1) is 10.2 Å². The molecule has 2 heterocycles. The van der Waals surface area contributed by atoms with E-state index in [-0.39, 0.29) is 23.6 Å². The van der Waals surface area contributed by atoms with Crippen LogP contribution in [0.5, 0.6) is 11.5 Å². The fourth-order valence-electron chi connectivity index (χ4n) is 3.90. The summed E-state index contributed by atoms with van der Waals surface area (Å²) >= 11 is 1.85. The average molecular weight is 649 g/mol. The summed E-state index contributed by atoms with van der Waals surface area (Å²) in [6.45, 7) is 0. The Labute approximate surface area is 245 Å². The second kappa shape index (κ2) is 12.4. The Bertz CT molecular complexity index is 1470. The van der Waals surface area contributed by atoms with Gasteiger partial charge in [-0.25, -0.2) is 0 Å². The van der Waals surface area contributed by atoms with Crippen LogP contribution < -0.4 is 10.6 Å². The number of carbonyl (C=O) groups is 2. The number of H-pyrrole nitrogens is 2. The van der Waals surface area contributed by atoms with E-state index in [1.54, 1.807) is 0 Å². The molecule has 0 spiro atoms. The molecule has 0 radical (unpaired) electrons. The van der Waals surface area contributed by atoms with Crippen molar-refractivity contribution in [1.82, 2.24) is 30.8 Å². The summed E-state index contributed by atoms with van der Waals surface area (Å²) in [5.74, 6) is -4.15. The Balaban J connectivity index is 1.63. The van der Waals surface area contributed by atoms with Crippen molar-refractivity contribution in [3.63, 3.8) is 0 Å². The van der Waals surface area contributed by atoms with Crippen LogP contribution in [0.1, 0.15) is 11.1 Å². The van der Waals surface area contributed by atoms with Gasteiger partial charge in [0.1, 0.15) is 21.6 Å². The number of amides is 2. The highest BCUT2D eigenvalue weighted by atomic mass is 32.2. The van der Waals surface area contributed by atoms with Crippen LogP contribution in [0.2, 0.25) is 0 Å². The van der Waals surface area contributed by atoms with Crippen molar-refractivity contribution >= 4 is 46.7 Å². The summed E-state index contributed by atoms with van der Waals surface area (Å²) < 4.78 is 87.3. The molecule has 0 bridgehead atoms. The maximum absolute atomic E-state index is 14.5. The minimum atomic E-state index is -6.04. The van der Waals surface area contributed by atoms with Gasteiger partial charge in [0.15, 0.2) is 0 Å². The number of phenolic OH excluding ortho intramolecular Hbond substituents is 2. The Morgan fingerprint density at radius 1 is 0.721 bits per heavy atom. The quantitative estimate of drug-likeness (QED) is 0.0828. The lowest BCUT2D eigenvalue weighted by atomic mass is 9.72. The number of carbonyl (C=O) groups excluding carboxylic acids is 2. The van der Waals surface area contributed by atoms with E-state index in [0.29, 0.717) is 34.3 Å². The molecule has 20 heteroatoms. The molecule has 0 saturated heterocycles. The maximum atomic E-state index is 14.5. The van der Waals surface area contributed by atoms with Crippen LogP contribution in [0.4, 0.5) is 37.7 Å². The maximum Gasteiger partial charge on any atom is 0.411 e. The van der Waals surface area contributed by atoms with E-state index in [2.05, 4.69) is 41.5 Å². The van der Waals surface area contributed by atoms with Gasteiger partial charge >= 0.3 is 12.4 Å². The Morgan fingerprint density at radius 2 is 1.12 bits per heavy atom. The van der Waals surface area contributed by atoms with Crippen molar-refractivity contribution in [2.75, 3.05) is 22.1 Å². The van der Waals surface area contributed by atoms with Gasteiger partial charge in [0.25, 0.3) is 0 Å². The number of thioether (sulfide) groups is 2. The van der Waals surface area contributed by atoms with Gasteiger partial charge in [0.2, 0.25) is 17.2 Å². The van der Waals surface area contributed by atoms with Gasteiger partial charge < -0.3 is 20.8 Å². The number of benzene rings is 2. The van der Waals surface area contributed by atoms with Gasteiger partial charge in [-0.1, -0.05) is 35.7 Å². The number of nitrogens with zero attached hydrogens (tertiary/aromatic N) is 4. The molecule has 0 fully saturated rings. The second-order valence-electron chi connectivity index (χ2n) is 8.50. The number of aromatic nitrogens is 6. The molecule has 0 aliphatic heterocycles. The molecule has 0 unspecified atom stereocenters. The Hall–Kier alpha value is -4.46. The van der Waals surface area contributed by atoms with Gasteiger partial charge in [-0.3, -0.25) is 9.59 Å². The third-order valence-electron chi connectivity index (χ3n) is 5.75. The molecule has 4 aromatic rings. The lowest BCUT2D eigenvalue weighted by Gasteiger charge is -2.38. The number of nitrogens with one attached hydrogen (secondary N) is 4. The topological polar surface area (TPSA) is 182 Å². The van der Waals surface area contributed by atoms with Crippen LogP contribution in [-0.2, 0) is 15.0 Å². The van der Waals surface area contributed by atoms with Gasteiger partial charge in [-0.05, 0) is 35.4 Å². The predicted molar refractivity (Wildman–Crippen MR) is 141 cm³/mol. The van der Waals surface area contributed by atoms with Crippen LogP contribution in [0, 0.1) is 0 Å². The van der Waals surface area contributed by atoms with Gasteiger partial charge in [-0.2, -0.15) is 47.0 Å². The normalized spacial score (nSPS) is 12.2. The molecular formula is C23H18F6N8O4S2. The summed E-state index contributed by atoms with van der Waals surface area (Å²) in [6, 6.07) is 2.75. The first-order valence-electron chi connectivity index (χ1n) is 11.6. The molecule has 12 nitrogen and oxygen atoms in total.